The lowest BCUT2D eigenvalue weighted by Crippen LogP contribution is -2.34. The molecule has 7 nitrogen and oxygen atoms in total. The summed E-state index contributed by atoms with van der Waals surface area (Å²) < 4.78 is 10.1. The Balaban J connectivity index is 1.89. The Bertz CT molecular complexity index is 710. The summed E-state index contributed by atoms with van der Waals surface area (Å²) in [4.78, 5) is 34.8. The predicted molar refractivity (Wildman–Crippen MR) is 77.3 cm³/mol. The number of ether oxygens (including phenoxy) is 1. The lowest BCUT2D eigenvalue weighted by molar-refractivity contribution is -0.123. The van der Waals surface area contributed by atoms with Gasteiger partial charge in [0.25, 0.3) is 11.8 Å². The number of rotatable bonds is 4. The number of nitrogens with one attached hydrogen (secondary N) is 1. The molecular formula is C14H10BrNO6. The van der Waals surface area contributed by atoms with E-state index in [2.05, 4.69) is 15.9 Å². The van der Waals surface area contributed by atoms with Crippen LogP contribution in [-0.2, 0) is 9.53 Å². The second kappa shape index (κ2) is 6.90. The molecule has 0 atom stereocenters. The van der Waals surface area contributed by atoms with Crippen molar-refractivity contribution in [1.29, 1.82) is 0 Å². The molecule has 0 bridgehead atoms. The molecular weight excluding hydrogens is 358 g/mol. The van der Waals surface area contributed by atoms with Crippen molar-refractivity contribution in [3.63, 3.8) is 0 Å². The van der Waals surface area contributed by atoms with Crippen LogP contribution in [0.5, 0.6) is 5.75 Å². The maximum atomic E-state index is 11.8. The fraction of sp³-hybridized carbons (Fsp3) is 0.0714. The number of hydrogen-bond donors (Lipinski definition) is 2. The lowest BCUT2D eigenvalue weighted by Gasteiger charge is -2.06. The van der Waals surface area contributed by atoms with Crippen molar-refractivity contribution in [3.05, 3.63) is 52.4 Å². The van der Waals surface area contributed by atoms with Gasteiger partial charge < -0.3 is 14.3 Å². The summed E-state index contributed by atoms with van der Waals surface area (Å²) >= 11 is 3.15. The van der Waals surface area contributed by atoms with E-state index in [1.54, 1.807) is 6.07 Å². The van der Waals surface area contributed by atoms with Gasteiger partial charge in [0.1, 0.15) is 11.3 Å². The highest BCUT2D eigenvalue weighted by Crippen LogP contribution is 2.22. The van der Waals surface area contributed by atoms with Gasteiger partial charge >= 0.3 is 5.97 Å². The van der Waals surface area contributed by atoms with Crippen molar-refractivity contribution in [1.82, 2.24) is 5.32 Å². The zero-order valence-electron chi connectivity index (χ0n) is 11.0. The van der Waals surface area contributed by atoms with Crippen LogP contribution in [0.1, 0.15) is 20.9 Å². The number of carbonyl (C=O) groups excluding carboxylic acids is 3. The maximum Gasteiger partial charge on any atom is 0.342 e. The Morgan fingerprint density at radius 2 is 2.05 bits per heavy atom. The highest BCUT2D eigenvalue weighted by molar-refractivity contribution is 9.10. The molecule has 114 valence electrons. The second-order valence-electron chi connectivity index (χ2n) is 4.09. The molecule has 2 amide bonds. The Hall–Kier alpha value is -2.61. The number of furan rings is 1. The first-order valence-electron chi connectivity index (χ1n) is 6.00. The van der Waals surface area contributed by atoms with Crippen molar-refractivity contribution >= 4 is 33.7 Å². The largest absolute Gasteiger partial charge is 0.507 e. The highest BCUT2D eigenvalue weighted by Gasteiger charge is 2.17. The average molecular weight is 368 g/mol. The van der Waals surface area contributed by atoms with Crippen molar-refractivity contribution in [2.45, 2.75) is 0 Å². The minimum absolute atomic E-state index is 0.0377. The number of phenolic OH excluding ortho intramolecular Hbond substituents is 1. The van der Waals surface area contributed by atoms with Crippen LogP contribution in [0.4, 0.5) is 0 Å². The van der Waals surface area contributed by atoms with E-state index in [4.69, 9.17) is 9.15 Å². The van der Waals surface area contributed by atoms with Gasteiger partial charge in [0.15, 0.2) is 12.4 Å². The predicted octanol–water partition coefficient (Wildman–Crippen LogP) is 1.86. The average Bonchev–Trinajstić information content (AvgIpc) is 3.01. The second-order valence-corrected chi connectivity index (χ2v) is 5.01. The number of halogens is 1. The normalized spacial score (nSPS) is 10.0. The van der Waals surface area contributed by atoms with Crippen LogP contribution in [0.2, 0.25) is 0 Å². The van der Waals surface area contributed by atoms with Crippen LogP contribution in [0.15, 0.2) is 45.5 Å². The van der Waals surface area contributed by atoms with Crippen molar-refractivity contribution in [2.24, 2.45) is 0 Å². The van der Waals surface area contributed by atoms with Crippen molar-refractivity contribution < 1.29 is 28.6 Å². The Morgan fingerprint density at radius 1 is 1.27 bits per heavy atom. The monoisotopic (exact) mass is 367 g/mol. The smallest absolute Gasteiger partial charge is 0.342 e. The van der Waals surface area contributed by atoms with Gasteiger partial charge in [-0.15, -0.1) is 0 Å². The zero-order valence-corrected chi connectivity index (χ0v) is 12.6. The first kappa shape index (κ1) is 15.8. The minimum atomic E-state index is -0.889. The summed E-state index contributed by atoms with van der Waals surface area (Å²) in [7, 11) is 0. The molecule has 2 rings (SSSR count). The van der Waals surface area contributed by atoms with Crippen LogP contribution < -0.4 is 5.32 Å². The number of carbonyl (C=O) groups is 3. The number of imide groups is 1. The first-order chi connectivity index (χ1) is 10.5. The molecule has 0 unspecified atom stereocenters. The van der Waals surface area contributed by atoms with Gasteiger partial charge in [-0.1, -0.05) is 15.9 Å². The fourth-order valence-electron chi connectivity index (χ4n) is 1.51. The molecule has 0 aliphatic heterocycles. The molecule has 0 fully saturated rings. The third-order valence-electron chi connectivity index (χ3n) is 2.51. The highest BCUT2D eigenvalue weighted by atomic mass is 79.9. The molecule has 2 N–H and O–H groups in total. The molecule has 0 aliphatic carbocycles. The van der Waals surface area contributed by atoms with Crippen LogP contribution in [0, 0.1) is 0 Å². The van der Waals surface area contributed by atoms with Gasteiger partial charge in [0, 0.05) is 4.47 Å². The van der Waals surface area contributed by atoms with Crippen LogP contribution >= 0.6 is 15.9 Å². The van der Waals surface area contributed by atoms with E-state index in [1.165, 1.54) is 30.5 Å². The molecule has 0 radical (unpaired) electrons. The molecule has 0 spiro atoms. The minimum Gasteiger partial charge on any atom is -0.507 e. The number of phenols is 1. The molecule has 0 saturated carbocycles. The van der Waals surface area contributed by atoms with Gasteiger partial charge in [0.2, 0.25) is 0 Å². The van der Waals surface area contributed by atoms with E-state index < -0.39 is 24.4 Å². The van der Waals surface area contributed by atoms with Gasteiger partial charge in [-0.3, -0.25) is 14.9 Å². The van der Waals surface area contributed by atoms with Crippen LogP contribution in [-0.4, -0.2) is 29.5 Å². The third kappa shape index (κ3) is 3.95. The van der Waals surface area contributed by atoms with Gasteiger partial charge in [-0.25, -0.2) is 4.79 Å². The SMILES string of the molecule is O=C(COC(=O)c1cc(Br)ccc1O)NC(=O)c1ccco1. The standard InChI is InChI=1S/C14H10BrNO6/c15-8-3-4-10(17)9(6-8)14(20)22-7-12(18)16-13(19)11-2-1-5-21-11/h1-6,17H,7H2,(H,16,18,19). The summed E-state index contributed by atoms with van der Waals surface area (Å²) in [6.07, 6.45) is 1.29. The van der Waals surface area contributed by atoms with Gasteiger partial charge in [-0.2, -0.15) is 0 Å². The van der Waals surface area contributed by atoms with E-state index in [9.17, 15) is 19.5 Å². The fourth-order valence-corrected chi connectivity index (χ4v) is 1.87. The molecule has 2 aromatic rings. The topological polar surface area (TPSA) is 106 Å². The third-order valence-corrected chi connectivity index (χ3v) is 3.00. The maximum absolute atomic E-state index is 11.8. The molecule has 0 aliphatic rings. The number of esters is 1. The number of amides is 2. The van der Waals surface area contributed by atoms with Crippen molar-refractivity contribution in [3.8, 4) is 5.75 Å². The van der Waals surface area contributed by atoms with Gasteiger partial charge in [0.05, 0.1) is 6.26 Å². The Morgan fingerprint density at radius 3 is 2.73 bits per heavy atom. The molecule has 0 saturated heterocycles. The van der Waals surface area contributed by atoms with Crippen LogP contribution in [0.3, 0.4) is 0 Å². The summed E-state index contributed by atoms with van der Waals surface area (Å²) in [5.74, 6) is -2.76. The number of benzene rings is 1. The lowest BCUT2D eigenvalue weighted by atomic mass is 10.2. The number of hydrogen-bond acceptors (Lipinski definition) is 6. The quantitative estimate of drug-likeness (QED) is 0.798. The molecule has 1 aromatic heterocycles. The van der Waals surface area contributed by atoms with E-state index in [0.29, 0.717) is 4.47 Å². The first-order valence-corrected chi connectivity index (χ1v) is 6.80. The van der Waals surface area contributed by atoms with Crippen molar-refractivity contribution in [2.75, 3.05) is 6.61 Å². The van der Waals surface area contributed by atoms with Gasteiger partial charge in [-0.05, 0) is 30.3 Å². The zero-order chi connectivity index (χ0) is 16.1. The molecule has 8 heteroatoms. The summed E-state index contributed by atoms with van der Waals surface area (Å²) in [6, 6.07) is 7.08. The summed E-state index contributed by atoms with van der Waals surface area (Å²) in [5.41, 5.74) is -0.0977. The van der Waals surface area contributed by atoms with E-state index >= 15 is 0 Å². The van der Waals surface area contributed by atoms with E-state index in [0.717, 1.165) is 0 Å². The van der Waals surface area contributed by atoms with E-state index in [-0.39, 0.29) is 17.1 Å². The molecule has 22 heavy (non-hydrogen) atoms. The summed E-state index contributed by atoms with van der Waals surface area (Å²) in [6.45, 7) is -0.669. The Kier molecular flexibility index (Phi) is 4.95. The molecule has 1 heterocycles. The van der Waals surface area contributed by atoms with Crippen LogP contribution in [0.25, 0.3) is 0 Å². The van der Waals surface area contributed by atoms with E-state index in [1.807, 2.05) is 5.32 Å². The molecule has 1 aromatic carbocycles. The summed E-state index contributed by atoms with van der Waals surface area (Å²) in [5, 5.41) is 11.5. The number of aromatic hydroxyl groups is 1. The Labute approximate surface area is 133 Å².